The molecule has 0 bridgehead atoms. The van der Waals surface area contributed by atoms with Crippen molar-refractivity contribution in [1.29, 1.82) is 0 Å². The van der Waals surface area contributed by atoms with Crippen molar-refractivity contribution in [2.75, 3.05) is 7.05 Å². The van der Waals surface area contributed by atoms with Crippen LogP contribution in [0, 0.1) is 0 Å². The van der Waals surface area contributed by atoms with E-state index in [9.17, 15) is 0 Å². The predicted octanol–water partition coefficient (Wildman–Crippen LogP) is 5.92. The molecule has 31 heavy (non-hydrogen) atoms. The van der Waals surface area contributed by atoms with Gasteiger partial charge in [-0.05, 0) is 62.8 Å². The quantitative estimate of drug-likeness (QED) is 0.523. The van der Waals surface area contributed by atoms with Gasteiger partial charge in [0, 0.05) is 11.6 Å². The minimum Gasteiger partial charge on any atom is -0.461 e. The zero-order chi connectivity index (χ0) is 21.2. The number of nitrogens with zero attached hydrogens (tertiary/aromatic N) is 2. The fourth-order valence-corrected chi connectivity index (χ4v) is 4.69. The van der Waals surface area contributed by atoms with E-state index in [1.165, 1.54) is 11.1 Å². The molecule has 5 rings (SSSR count). The monoisotopic (exact) mass is 434 g/mol. The number of ether oxygens (including phenoxy) is 1. The Kier molecular flexibility index (Phi) is 5.79. The van der Waals surface area contributed by atoms with Crippen LogP contribution in [0.15, 0.2) is 48.6 Å². The second-order valence-corrected chi connectivity index (χ2v) is 8.74. The van der Waals surface area contributed by atoms with E-state index in [0.29, 0.717) is 22.7 Å². The molecule has 5 nitrogen and oxygen atoms in total. The van der Waals surface area contributed by atoms with E-state index in [2.05, 4.69) is 57.8 Å². The summed E-state index contributed by atoms with van der Waals surface area (Å²) in [7, 11) is 2.02. The van der Waals surface area contributed by atoms with E-state index in [-0.39, 0.29) is 6.10 Å². The van der Waals surface area contributed by atoms with E-state index in [1.807, 2.05) is 13.1 Å². The summed E-state index contributed by atoms with van der Waals surface area (Å²) in [4.78, 5) is 12.5. The van der Waals surface area contributed by atoms with Crippen molar-refractivity contribution in [3.05, 3.63) is 59.1 Å². The Morgan fingerprint density at radius 3 is 2.52 bits per heavy atom. The average Bonchev–Trinajstić information content (AvgIpc) is 3.20. The van der Waals surface area contributed by atoms with Crippen molar-refractivity contribution < 1.29 is 4.74 Å². The molecule has 1 saturated carbocycles. The molecule has 1 fully saturated rings. The van der Waals surface area contributed by atoms with Crippen LogP contribution in [0.5, 0.6) is 6.01 Å². The van der Waals surface area contributed by atoms with Crippen LogP contribution in [-0.4, -0.2) is 34.1 Å². The normalized spacial score (nSPS) is 21.3. The lowest BCUT2D eigenvalue weighted by Gasteiger charge is -2.27. The number of halogens is 1. The van der Waals surface area contributed by atoms with Gasteiger partial charge in [-0.2, -0.15) is 4.98 Å². The first-order valence-corrected chi connectivity index (χ1v) is 11.4. The number of hydrogen-bond acceptors (Lipinski definition) is 4. The molecular weight excluding hydrogens is 408 g/mol. The number of allylic oxidation sites excluding steroid dienone is 4. The van der Waals surface area contributed by atoms with Crippen molar-refractivity contribution >= 4 is 28.3 Å². The maximum Gasteiger partial charge on any atom is 0.296 e. The summed E-state index contributed by atoms with van der Waals surface area (Å²) in [5.41, 5.74) is 5.61. The smallest absolute Gasteiger partial charge is 0.296 e. The van der Waals surface area contributed by atoms with Gasteiger partial charge in [-0.3, -0.25) is 0 Å². The summed E-state index contributed by atoms with van der Waals surface area (Å²) < 4.78 is 6.11. The Morgan fingerprint density at radius 2 is 1.81 bits per heavy atom. The first-order valence-electron chi connectivity index (χ1n) is 11.1. The number of H-pyrrole nitrogens is 1. The zero-order valence-corrected chi connectivity index (χ0v) is 18.5. The Morgan fingerprint density at radius 1 is 1.03 bits per heavy atom. The Labute approximate surface area is 187 Å². The standard InChI is InChI=1S/C25H27ClN4O/c1-27-19-11-13-20(14-12-19)31-25-28-22-15-21(26)23(29-24(22)30-25)18-9-7-17(8-10-18)16-5-3-2-4-6-16/h3,5-10,15,19-20,27H,2,4,11-14H2,1H3,(H,28,29,30). The highest BCUT2D eigenvalue weighted by Gasteiger charge is 2.22. The summed E-state index contributed by atoms with van der Waals surface area (Å²) in [5, 5.41) is 3.95. The lowest BCUT2D eigenvalue weighted by atomic mass is 9.93. The fourth-order valence-electron chi connectivity index (χ4n) is 4.43. The van der Waals surface area contributed by atoms with Gasteiger partial charge in [0.1, 0.15) is 6.10 Å². The summed E-state index contributed by atoms with van der Waals surface area (Å²) in [6, 6.07) is 11.4. The maximum absolute atomic E-state index is 6.58. The van der Waals surface area contributed by atoms with Gasteiger partial charge in [-0.25, -0.2) is 4.98 Å². The van der Waals surface area contributed by atoms with Gasteiger partial charge in [0.05, 0.1) is 16.2 Å². The van der Waals surface area contributed by atoms with Crippen molar-refractivity contribution in [3.63, 3.8) is 0 Å². The molecule has 0 radical (unpaired) electrons. The van der Waals surface area contributed by atoms with Gasteiger partial charge in [-0.15, -0.1) is 0 Å². The zero-order valence-electron chi connectivity index (χ0n) is 17.7. The van der Waals surface area contributed by atoms with Gasteiger partial charge in [-0.1, -0.05) is 54.1 Å². The topological polar surface area (TPSA) is 62.8 Å². The molecule has 2 heterocycles. The number of hydrogen-bond donors (Lipinski definition) is 2. The third kappa shape index (κ3) is 4.39. The average molecular weight is 435 g/mol. The fraction of sp³-hybridized carbons (Fsp3) is 0.360. The van der Waals surface area contributed by atoms with Crippen LogP contribution in [0.25, 0.3) is 28.0 Å². The molecule has 0 amide bonds. The summed E-state index contributed by atoms with van der Waals surface area (Å²) >= 11 is 6.58. The Balaban J connectivity index is 1.36. The molecule has 2 N–H and O–H groups in total. The molecule has 160 valence electrons. The van der Waals surface area contributed by atoms with Crippen LogP contribution in [0.2, 0.25) is 5.02 Å². The van der Waals surface area contributed by atoms with Crippen molar-refractivity contribution in [1.82, 2.24) is 20.3 Å². The van der Waals surface area contributed by atoms with Crippen LogP contribution >= 0.6 is 11.6 Å². The van der Waals surface area contributed by atoms with E-state index in [1.54, 1.807) is 0 Å². The predicted molar refractivity (Wildman–Crippen MR) is 126 cm³/mol. The van der Waals surface area contributed by atoms with Crippen LogP contribution in [0.1, 0.15) is 44.1 Å². The third-order valence-corrected chi connectivity index (χ3v) is 6.54. The van der Waals surface area contributed by atoms with Crippen molar-refractivity contribution in [3.8, 4) is 17.3 Å². The van der Waals surface area contributed by atoms with Crippen LogP contribution < -0.4 is 10.1 Å². The first kappa shape index (κ1) is 20.3. The molecule has 6 heteroatoms. The number of benzene rings is 1. The van der Waals surface area contributed by atoms with E-state index < -0.39 is 0 Å². The third-order valence-electron chi connectivity index (χ3n) is 6.25. The second-order valence-electron chi connectivity index (χ2n) is 8.33. The van der Waals surface area contributed by atoms with E-state index >= 15 is 0 Å². The van der Waals surface area contributed by atoms with Crippen LogP contribution in [-0.2, 0) is 0 Å². The number of pyridine rings is 1. The van der Waals surface area contributed by atoms with Crippen LogP contribution in [0.4, 0.5) is 0 Å². The SMILES string of the molecule is CNC1CCC(Oc2nc3nc(-c4ccc(C5=CCCC=C5)cc4)c(Cl)cc3[nH]2)CC1. The lowest BCUT2D eigenvalue weighted by molar-refractivity contribution is 0.131. The number of nitrogens with one attached hydrogen (secondary N) is 2. The second kappa shape index (κ2) is 8.85. The highest BCUT2D eigenvalue weighted by molar-refractivity contribution is 6.33. The molecule has 0 unspecified atom stereocenters. The molecule has 2 aliphatic rings. The molecule has 1 aromatic carbocycles. The van der Waals surface area contributed by atoms with Gasteiger partial charge in [0.15, 0.2) is 5.65 Å². The van der Waals surface area contributed by atoms with Crippen LogP contribution in [0.3, 0.4) is 0 Å². The molecule has 2 aliphatic carbocycles. The molecule has 3 aromatic rings. The number of rotatable bonds is 5. The highest BCUT2D eigenvalue weighted by atomic mass is 35.5. The number of fused-ring (bicyclic) bond motifs is 1. The molecule has 0 aliphatic heterocycles. The largest absolute Gasteiger partial charge is 0.461 e. The number of imidazole rings is 1. The van der Waals surface area contributed by atoms with Gasteiger partial charge in [0.2, 0.25) is 0 Å². The summed E-state index contributed by atoms with van der Waals surface area (Å²) in [5.74, 6) is 0. The lowest BCUT2D eigenvalue weighted by Crippen LogP contribution is -2.34. The Hall–Kier alpha value is -2.63. The van der Waals surface area contributed by atoms with Crippen molar-refractivity contribution in [2.45, 2.75) is 50.7 Å². The minimum atomic E-state index is 0.191. The first-order chi connectivity index (χ1) is 15.2. The Bertz CT molecular complexity index is 1120. The van der Waals surface area contributed by atoms with Crippen molar-refractivity contribution in [2.24, 2.45) is 0 Å². The van der Waals surface area contributed by atoms with Gasteiger partial charge >= 0.3 is 0 Å². The van der Waals surface area contributed by atoms with E-state index in [4.69, 9.17) is 21.3 Å². The maximum atomic E-state index is 6.58. The minimum absolute atomic E-state index is 0.191. The van der Waals surface area contributed by atoms with E-state index in [0.717, 1.165) is 55.3 Å². The number of aromatic amines is 1. The summed E-state index contributed by atoms with van der Waals surface area (Å²) in [6.45, 7) is 0. The molecular formula is C25H27ClN4O. The van der Waals surface area contributed by atoms with Gasteiger partial charge in [0.25, 0.3) is 6.01 Å². The molecule has 0 atom stereocenters. The van der Waals surface area contributed by atoms with Gasteiger partial charge < -0.3 is 15.0 Å². The number of aromatic nitrogens is 3. The highest BCUT2D eigenvalue weighted by Crippen LogP contribution is 2.31. The molecule has 0 spiro atoms. The molecule has 2 aromatic heterocycles. The summed E-state index contributed by atoms with van der Waals surface area (Å²) in [6.07, 6.45) is 13.4. The molecule has 0 saturated heterocycles.